The molecule has 1 aliphatic rings. The summed E-state index contributed by atoms with van der Waals surface area (Å²) < 4.78 is 6.61. The Kier molecular flexibility index (Phi) is 6.11. The first kappa shape index (κ1) is 19.4. The highest BCUT2D eigenvalue weighted by Crippen LogP contribution is 2.32. The van der Waals surface area contributed by atoms with E-state index >= 15 is 0 Å². The van der Waals surface area contributed by atoms with E-state index < -0.39 is 0 Å². The van der Waals surface area contributed by atoms with Crippen molar-refractivity contribution < 1.29 is 9.53 Å². The van der Waals surface area contributed by atoms with Crippen molar-refractivity contribution in [2.45, 2.75) is 39.2 Å². The molecule has 1 aromatic carbocycles. The van der Waals surface area contributed by atoms with Crippen LogP contribution in [0.25, 0.3) is 6.08 Å². The topological polar surface area (TPSA) is 47.4 Å². The largest absolute Gasteiger partial charge is 0.466 e. The molecule has 5 heteroatoms. The van der Waals surface area contributed by atoms with Crippen molar-refractivity contribution in [2.24, 2.45) is 7.05 Å². The van der Waals surface area contributed by atoms with Gasteiger partial charge in [-0.2, -0.15) is 5.10 Å². The fourth-order valence-electron chi connectivity index (χ4n) is 3.97. The fourth-order valence-corrected chi connectivity index (χ4v) is 3.97. The number of hydrogen-bond acceptors (Lipinski definition) is 4. The summed E-state index contributed by atoms with van der Waals surface area (Å²) >= 11 is 0. The summed E-state index contributed by atoms with van der Waals surface area (Å²) in [6.45, 7) is 6.46. The van der Waals surface area contributed by atoms with Crippen LogP contribution in [0, 0.1) is 13.8 Å². The molecule has 1 aliphatic heterocycles. The smallest absolute Gasteiger partial charge is 0.330 e. The van der Waals surface area contributed by atoms with Crippen LogP contribution in [-0.4, -0.2) is 40.8 Å². The van der Waals surface area contributed by atoms with E-state index in [2.05, 4.69) is 52.8 Å². The van der Waals surface area contributed by atoms with E-state index in [-0.39, 0.29) is 5.97 Å². The van der Waals surface area contributed by atoms with Crippen LogP contribution in [0.5, 0.6) is 0 Å². The molecule has 0 bridgehead atoms. The lowest BCUT2D eigenvalue weighted by molar-refractivity contribution is -0.134. The molecule has 5 nitrogen and oxygen atoms in total. The predicted molar refractivity (Wildman–Crippen MR) is 107 cm³/mol. The number of methoxy groups -OCH3 is 1. The van der Waals surface area contributed by atoms with Gasteiger partial charge in [0.25, 0.3) is 0 Å². The van der Waals surface area contributed by atoms with Crippen molar-refractivity contribution in [1.29, 1.82) is 0 Å². The van der Waals surface area contributed by atoms with Crippen molar-refractivity contribution >= 4 is 12.0 Å². The molecular weight excluding hydrogens is 338 g/mol. The molecule has 0 spiro atoms. The van der Waals surface area contributed by atoms with Gasteiger partial charge in [0, 0.05) is 31.4 Å². The van der Waals surface area contributed by atoms with Gasteiger partial charge in [-0.3, -0.25) is 9.58 Å². The number of ether oxygens (including phenoxy) is 1. The quantitative estimate of drug-likeness (QED) is 0.578. The van der Waals surface area contributed by atoms with Crippen molar-refractivity contribution in [3.63, 3.8) is 0 Å². The van der Waals surface area contributed by atoms with E-state index in [0.29, 0.717) is 6.04 Å². The zero-order valence-corrected chi connectivity index (χ0v) is 16.7. The highest BCUT2D eigenvalue weighted by atomic mass is 16.5. The molecule has 0 N–H and O–H groups in total. The van der Waals surface area contributed by atoms with E-state index in [1.807, 2.05) is 11.7 Å². The number of aromatic nitrogens is 2. The lowest BCUT2D eigenvalue weighted by Gasteiger charge is -2.25. The maximum atomic E-state index is 11.2. The monoisotopic (exact) mass is 367 g/mol. The first-order valence-corrected chi connectivity index (χ1v) is 9.58. The maximum Gasteiger partial charge on any atom is 0.330 e. The molecule has 2 heterocycles. The summed E-state index contributed by atoms with van der Waals surface area (Å²) in [5.41, 5.74) is 6.15. The Balaban J connectivity index is 1.65. The minimum Gasteiger partial charge on any atom is -0.466 e. The van der Waals surface area contributed by atoms with Crippen LogP contribution in [-0.2, 0) is 23.0 Å². The normalized spacial score (nSPS) is 17.7. The summed E-state index contributed by atoms with van der Waals surface area (Å²) in [6.07, 6.45) is 6.72. The van der Waals surface area contributed by atoms with Crippen LogP contribution < -0.4 is 0 Å². The summed E-state index contributed by atoms with van der Waals surface area (Å²) in [4.78, 5) is 13.8. The number of likely N-dealkylation sites (tertiary alicyclic amines) is 1. The Bertz CT molecular complexity index is 821. The number of esters is 1. The second kappa shape index (κ2) is 8.53. The van der Waals surface area contributed by atoms with Gasteiger partial charge in [0.2, 0.25) is 0 Å². The molecule has 1 aromatic heterocycles. The van der Waals surface area contributed by atoms with Crippen molar-refractivity contribution in [1.82, 2.24) is 14.7 Å². The van der Waals surface area contributed by atoms with Gasteiger partial charge >= 0.3 is 5.97 Å². The van der Waals surface area contributed by atoms with Crippen LogP contribution >= 0.6 is 0 Å². The van der Waals surface area contributed by atoms with Crippen LogP contribution in [0.1, 0.15) is 47.0 Å². The molecule has 27 heavy (non-hydrogen) atoms. The van der Waals surface area contributed by atoms with Crippen LogP contribution in [0.15, 0.2) is 30.3 Å². The van der Waals surface area contributed by atoms with E-state index in [9.17, 15) is 4.79 Å². The van der Waals surface area contributed by atoms with Gasteiger partial charge in [0.15, 0.2) is 0 Å². The van der Waals surface area contributed by atoms with Gasteiger partial charge < -0.3 is 4.74 Å². The number of aryl methyl sites for hydroxylation is 2. The van der Waals surface area contributed by atoms with E-state index in [0.717, 1.165) is 30.8 Å². The second-order valence-electron chi connectivity index (χ2n) is 7.24. The highest BCUT2D eigenvalue weighted by molar-refractivity contribution is 5.86. The average Bonchev–Trinajstić information content (AvgIpc) is 3.23. The zero-order valence-electron chi connectivity index (χ0n) is 16.7. The fraction of sp³-hybridized carbons (Fsp3) is 0.455. The Morgan fingerprint density at radius 2 is 2.04 bits per heavy atom. The van der Waals surface area contributed by atoms with Crippen molar-refractivity contribution in [2.75, 3.05) is 20.2 Å². The van der Waals surface area contributed by atoms with E-state index in [4.69, 9.17) is 0 Å². The van der Waals surface area contributed by atoms with Gasteiger partial charge in [0.1, 0.15) is 0 Å². The molecule has 0 unspecified atom stereocenters. The third kappa shape index (κ3) is 4.48. The number of carbonyl (C=O) groups excluding carboxylic acids is 1. The molecule has 144 valence electrons. The molecule has 0 amide bonds. The molecule has 1 fully saturated rings. The number of carbonyl (C=O) groups is 1. The summed E-state index contributed by atoms with van der Waals surface area (Å²) in [6, 6.07) is 8.98. The standard InChI is InChI=1S/C22H29N3O2/c1-16-20(17(2)24(3)23-16)13-15-25-14-5-6-21(25)19-10-7-18(8-11-19)9-12-22(26)27-4/h7-12,21H,5-6,13-15H2,1-4H3/b12-9+/t21-/m1/s1. The molecule has 0 saturated carbocycles. The van der Waals surface area contributed by atoms with E-state index in [1.165, 1.54) is 42.8 Å². The zero-order chi connectivity index (χ0) is 19.4. The molecule has 0 radical (unpaired) electrons. The Morgan fingerprint density at radius 3 is 2.67 bits per heavy atom. The molecule has 2 aromatic rings. The molecule has 0 aliphatic carbocycles. The van der Waals surface area contributed by atoms with Crippen LogP contribution in [0.3, 0.4) is 0 Å². The third-order valence-corrected chi connectivity index (χ3v) is 5.61. The minimum absolute atomic E-state index is 0.331. The third-order valence-electron chi connectivity index (χ3n) is 5.61. The van der Waals surface area contributed by atoms with Crippen LogP contribution in [0.4, 0.5) is 0 Å². The lowest BCUT2D eigenvalue weighted by atomic mass is 10.0. The van der Waals surface area contributed by atoms with Crippen molar-refractivity contribution in [3.05, 3.63) is 58.4 Å². The number of benzene rings is 1. The predicted octanol–water partition coefficient (Wildman–Crippen LogP) is 3.60. The Labute approximate surface area is 161 Å². The van der Waals surface area contributed by atoms with Gasteiger partial charge in [-0.15, -0.1) is 0 Å². The van der Waals surface area contributed by atoms with Crippen LogP contribution in [0.2, 0.25) is 0 Å². The number of hydrogen-bond donors (Lipinski definition) is 0. The van der Waals surface area contributed by atoms with Crippen molar-refractivity contribution in [3.8, 4) is 0 Å². The molecular formula is C22H29N3O2. The Hall–Kier alpha value is -2.40. The summed E-state index contributed by atoms with van der Waals surface area (Å²) in [5.74, 6) is -0.331. The summed E-state index contributed by atoms with van der Waals surface area (Å²) in [7, 11) is 3.40. The molecule has 1 saturated heterocycles. The minimum atomic E-state index is -0.331. The highest BCUT2D eigenvalue weighted by Gasteiger charge is 2.26. The lowest BCUT2D eigenvalue weighted by Crippen LogP contribution is -2.26. The SMILES string of the molecule is COC(=O)/C=C/c1ccc([C@H]2CCCN2CCc2c(C)nn(C)c2C)cc1. The van der Waals surface area contributed by atoms with Gasteiger partial charge in [0.05, 0.1) is 12.8 Å². The first-order chi connectivity index (χ1) is 13.0. The molecule has 1 atom stereocenters. The maximum absolute atomic E-state index is 11.2. The first-order valence-electron chi connectivity index (χ1n) is 9.58. The molecule has 3 rings (SSSR count). The van der Waals surface area contributed by atoms with Gasteiger partial charge in [-0.1, -0.05) is 24.3 Å². The van der Waals surface area contributed by atoms with Gasteiger partial charge in [-0.25, -0.2) is 4.79 Å². The average molecular weight is 367 g/mol. The Morgan fingerprint density at radius 1 is 1.30 bits per heavy atom. The number of nitrogens with zero attached hydrogens (tertiary/aromatic N) is 3. The number of rotatable bonds is 6. The van der Waals surface area contributed by atoms with E-state index in [1.54, 1.807) is 6.08 Å². The second-order valence-corrected chi connectivity index (χ2v) is 7.24. The summed E-state index contributed by atoms with van der Waals surface area (Å²) in [5, 5.41) is 4.54. The van der Waals surface area contributed by atoms with Gasteiger partial charge in [-0.05, 0) is 62.4 Å².